The molecule has 2 aromatic heterocycles. The molecule has 1 aliphatic rings. The summed E-state index contributed by atoms with van der Waals surface area (Å²) in [7, 11) is 1.77. The molecular formula is C14H19N3OS. The van der Waals surface area contributed by atoms with Gasteiger partial charge in [-0.3, -0.25) is 0 Å². The van der Waals surface area contributed by atoms with Crippen molar-refractivity contribution < 1.29 is 4.74 Å². The van der Waals surface area contributed by atoms with Gasteiger partial charge in [0.1, 0.15) is 16.2 Å². The maximum Gasteiger partial charge on any atom is 0.164 e. The smallest absolute Gasteiger partial charge is 0.164 e. The Bertz CT molecular complexity index is 573. The van der Waals surface area contributed by atoms with E-state index in [0.29, 0.717) is 5.82 Å². The SMILES string of the molecule is COC1(c2nc(N)c3ccsc3n2)CCCCCC1. The molecule has 1 aliphatic carbocycles. The van der Waals surface area contributed by atoms with Crippen LogP contribution in [-0.2, 0) is 10.3 Å². The van der Waals surface area contributed by atoms with Crippen LogP contribution in [0, 0.1) is 0 Å². The van der Waals surface area contributed by atoms with Gasteiger partial charge in [0, 0.05) is 7.11 Å². The number of rotatable bonds is 2. The lowest BCUT2D eigenvalue weighted by Gasteiger charge is -2.29. The normalized spacial score (nSPS) is 19.4. The third-order valence-corrected chi connectivity index (χ3v) is 4.87. The molecule has 0 unspecified atom stereocenters. The molecule has 2 N–H and O–H groups in total. The Labute approximate surface area is 117 Å². The Morgan fingerprint density at radius 1 is 1.21 bits per heavy atom. The van der Waals surface area contributed by atoms with Crippen molar-refractivity contribution in [3.63, 3.8) is 0 Å². The molecule has 0 aromatic carbocycles. The Morgan fingerprint density at radius 2 is 1.95 bits per heavy atom. The van der Waals surface area contributed by atoms with Gasteiger partial charge in [-0.1, -0.05) is 25.7 Å². The predicted molar refractivity (Wildman–Crippen MR) is 78.2 cm³/mol. The lowest BCUT2D eigenvalue weighted by atomic mass is 9.93. The number of ether oxygens (including phenoxy) is 1. The number of hydrogen-bond donors (Lipinski definition) is 1. The Morgan fingerprint density at radius 3 is 2.63 bits per heavy atom. The van der Waals surface area contributed by atoms with Crippen LogP contribution in [0.15, 0.2) is 11.4 Å². The van der Waals surface area contributed by atoms with Crippen LogP contribution in [0.1, 0.15) is 44.3 Å². The molecular weight excluding hydrogens is 258 g/mol. The molecule has 1 saturated carbocycles. The quantitative estimate of drug-likeness (QED) is 0.854. The highest BCUT2D eigenvalue weighted by molar-refractivity contribution is 7.16. The van der Waals surface area contributed by atoms with Crippen molar-refractivity contribution in [3.8, 4) is 0 Å². The van der Waals surface area contributed by atoms with E-state index in [0.717, 1.165) is 28.9 Å². The van der Waals surface area contributed by atoms with Crippen LogP contribution in [-0.4, -0.2) is 17.1 Å². The third-order valence-electron chi connectivity index (χ3n) is 4.06. The second-order valence-electron chi connectivity index (χ2n) is 5.18. The molecule has 1 fully saturated rings. The summed E-state index contributed by atoms with van der Waals surface area (Å²) >= 11 is 1.61. The molecule has 19 heavy (non-hydrogen) atoms. The van der Waals surface area contributed by atoms with Crippen LogP contribution >= 0.6 is 11.3 Å². The molecule has 0 saturated heterocycles. The maximum atomic E-state index is 6.06. The van der Waals surface area contributed by atoms with Crippen molar-refractivity contribution in [1.29, 1.82) is 0 Å². The number of aromatic nitrogens is 2. The monoisotopic (exact) mass is 277 g/mol. The first-order valence-corrected chi connectivity index (χ1v) is 7.69. The molecule has 0 bridgehead atoms. The molecule has 3 rings (SSSR count). The van der Waals surface area contributed by atoms with Crippen molar-refractivity contribution in [2.75, 3.05) is 12.8 Å². The van der Waals surface area contributed by atoms with E-state index in [1.54, 1.807) is 18.4 Å². The zero-order valence-electron chi connectivity index (χ0n) is 11.2. The van der Waals surface area contributed by atoms with Crippen molar-refractivity contribution in [3.05, 3.63) is 17.3 Å². The van der Waals surface area contributed by atoms with Crippen molar-refractivity contribution in [2.45, 2.75) is 44.1 Å². The largest absolute Gasteiger partial charge is 0.383 e. The number of thiophene rings is 1. The van der Waals surface area contributed by atoms with Crippen LogP contribution in [0.2, 0.25) is 0 Å². The predicted octanol–water partition coefficient (Wildman–Crippen LogP) is 3.47. The number of nitrogens with two attached hydrogens (primary N) is 1. The summed E-state index contributed by atoms with van der Waals surface area (Å²) in [5.41, 5.74) is 5.72. The minimum atomic E-state index is -0.344. The fourth-order valence-electron chi connectivity index (χ4n) is 2.90. The fourth-order valence-corrected chi connectivity index (χ4v) is 3.67. The lowest BCUT2D eigenvalue weighted by molar-refractivity contribution is -0.0347. The number of methoxy groups -OCH3 is 1. The van der Waals surface area contributed by atoms with Crippen molar-refractivity contribution in [1.82, 2.24) is 9.97 Å². The number of nitrogen functional groups attached to an aromatic ring is 1. The van der Waals surface area contributed by atoms with Crippen molar-refractivity contribution >= 4 is 27.4 Å². The first kappa shape index (κ1) is 12.8. The summed E-state index contributed by atoms with van der Waals surface area (Å²) in [6.07, 6.45) is 6.84. The first-order valence-electron chi connectivity index (χ1n) is 6.81. The second kappa shape index (κ2) is 5.06. The number of anilines is 1. The van der Waals surface area contributed by atoms with Gasteiger partial charge in [0.05, 0.1) is 5.39 Å². The highest BCUT2D eigenvalue weighted by Gasteiger charge is 2.36. The summed E-state index contributed by atoms with van der Waals surface area (Å²) < 4.78 is 5.85. The third kappa shape index (κ3) is 2.21. The van der Waals surface area contributed by atoms with Gasteiger partial charge in [0.15, 0.2) is 5.82 Å². The lowest BCUT2D eigenvalue weighted by Crippen LogP contribution is -2.30. The van der Waals surface area contributed by atoms with E-state index in [4.69, 9.17) is 15.5 Å². The summed E-state index contributed by atoms with van der Waals surface area (Å²) in [5.74, 6) is 1.34. The number of hydrogen-bond acceptors (Lipinski definition) is 5. The zero-order chi connectivity index (χ0) is 13.3. The van der Waals surface area contributed by atoms with Crippen LogP contribution in [0.3, 0.4) is 0 Å². The van der Waals surface area contributed by atoms with Gasteiger partial charge >= 0.3 is 0 Å². The Hall–Kier alpha value is -1.20. The van der Waals surface area contributed by atoms with E-state index in [2.05, 4.69) is 4.98 Å². The van der Waals surface area contributed by atoms with Gasteiger partial charge in [0.2, 0.25) is 0 Å². The first-order chi connectivity index (χ1) is 9.25. The van der Waals surface area contributed by atoms with Gasteiger partial charge in [-0.25, -0.2) is 9.97 Å². The van der Waals surface area contributed by atoms with E-state index in [1.165, 1.54) is 25.7 Å². The highest BCUT2D eigenvalue weighted by atomic mass is 32.1. The van der Waals surface area contributed by atoms with E-state index < -0.39 is 0 Å². The maximum absolute atomic E-state index is 6.06. The van der Waals surface area contributed by atoms with Crippen LogP contribution in [0.25, 0.3) is 10.2 Å². The van der Waals surface area contributed by atoms with Gasteiger partial charge in [-0.15, -0.1) is 11.3 Å². The van der Waals surface area contributed by atoms with E-state index in [9.17, 15) is 0 Å². The molecule has 0 spiro atoms. The van der Waals surface area contributed by atoms with Crippen LogP contribution < -0.4 is 5.73 Å². The molecule has 2 heterocycles. The van der Waals surface area contributed by atoms with Crippen molar-refractivity contribution in [2.24, 2.45) is 0 Å². The Kier molecular flexibility index (Phi) is 3.41. The van der Waals surface area contributed by atoms with E-state index >= 15 is 0 Å². The molecule has 102 valence electrons. The van der Waals surface area contributed by atoms with E-state index in [1.807, 2.05) is 11.4 Å². The summed E-state index contributed by atoms with van der Waals surface area (Å²) in [6.45, 7) is 0. The summed E-state index contributed by atoms with van der Waals surface area (Å²) in [6, 6.07) is 1.98. The van der Waals surface area contributed by atoms with Gasteiger partial charge in [-0.2, -0.15) is 0 Å². The van der Waals surface area contributed by atoms with Gasteiger partial charge in [-0.05, 0) is 24.3 Å². The average Bonchev–Trinajstić information content (AvgIpc) is 2.76. The molecule has 0 atom stereocenters. The fraction of sp³-hybridized carbons (Fsp3) is 0.571. The van der Waals surface area contributed by atoms with Gasteiger partial charge in [0.25, 0.3) is 0 Å². The molecule has 0 amide bonds. The van der Waals surface area contributed by atoms with Gasteiger partial charge < -0.3 is 10.5 Å². The molecule has 0 radical (unpaired) electrons. The number of fused-ring (bicyclic) bond motifs is 1. The minimum Gasteiger partial charge on any atom is -0.383 e. The molecule has 5 heteroatoms. The Balaban J connectivity index is 2.09. The van der Waals surface area contributed by atoms with E-state index in [-0.39, 0.29) is 5.60 Å². The summed E-state index contributed by atoms with van der Waals surface area (Å²) in [5, 5.41) is 2.96. The molecule has 2 aromatic rings. The standard InChI is InChI=1S/C14H19N3OS/c1-18-14(7-4-2-3-5-8-14)13-16-11(15)10-6-9-19-12(10)17-13/h6,9H,2-5,7-8H2,1H3,(H2,15,16,17). The molecule has 0 aliphatic heterocycles. The number of nitrogens with zero attached hydrogens (tertiary/aromatic N) is 2. The highest BCUT2D eigenvalue weighted by Crippen LogP contribution is 2.38. The average molecular weight is 277 g/mol. The second-order valence-corrected chi connectivity index (χ2v) is 6.08. The topological polar surface area (TPSA) is 61.0 Å². The minimum absolute atomic E-state index is 0.344. The molecule has 4 nitrogen and oxygen atoms in total. The zero-order valence-corrected chi connectivity index (χ0v) is 12.0. The summed E-state index contributed by atoms with van der Waals surface area (Å²) in [4.78, 5) is 10.2. The van der Waals surface area contributed by atoms with Crippen LogP contribution in [0.5, 0.6) is 0 Å². The van der Waals surface area contributed by atoms with Crippen LogP contribution in [0.4, 0.5) is 5.82 Å².